The highest BCUT2D eigenvalue weighted by atomic mass is 14.8. The van der Waals surface area contributed by atoms with Crippen molar-refractivity contribution < 1.29 is 0 Å². The Morgan fingerprint density at radius 2 is 2.36 bits per heavy atom. The summed E-state index contributed by atoms with van der Waals surface area (Å²) in [6.45, 7) is 1.77. The molecule has 0 saturated carbocycles. The number of aliphatic imine (C=N–C) groups is 1. The normalized spacial score (nSPS) is 20.3. The van der Waals surface area contributed by atoms with Gasteiger partial charge in [-0.3, -0.25) is 10.4 Å². The van der Waals surface area contributed by atoms with Crippen molar-refractivity contribution in [1.82, 2.24) is 0 Å². The number of hydrogen-bond donors (Lipinski definition) is 2. The van der Waals surface area contributed by atoms with Crippen LogP contribution in [0.4, 0.5) is 0 Å². The van der Waals surface area contributed by atoms with Crippen LogP contribution in [0.25, 0.3) is 0 Å². The zero-order valence-electron chi connectivity index (χ0n) is 6.26. The first-order valence-electron chi connectivity index (χ1n) is 3.26. The van der Waals surface area contributed by atoms with E-state index in [1.807, 2.05) is 0 Å². The topological polar surface area (TPSA) is 60.1 Å². The molecule has 0 spiro atoms. The van der Waals surface area contributed by atoms with Crippen LogP contribution in [-0.4, -0.2) is 18.1 Å². The van der Waals surface area contributed by atoms with Gasteiger partial charge in [0.1, 0.15) is 0 Å². The summed E-state index contributed by atoms with van der Waals surface area (Å²) in [6.07, 6.45) is 6.21. The lowest BCUT2D eigenvalue weighted by Crippen LogP contribution is -2.02. The Balaban J connectivity index is 3.07. The molecule has 2 N–H and O–H groups in total. The summed E-state index contributed by atoms with van der Waals surface area (Å²) in [4.78, 5) is 3.97. The number of hydrogen-bond acceptors (Lipinski definition) is 3. The van der Waals surface area contributed by atoms with E-state index in [4.69, 9.17) is 10.8 Å². The monoisotopic (exact) mass is 147 g/mol. The van der Waals surface area contributed by atoms with Crippen molar-refractivity contribution in [3.05, 3.63) is 23.4 Å². The summed E-state index contributed by atoms with van der Waals surface area (Å²) in [6, 6.07) is 0. The van der Waals surface area contributed by atoms with Gasteiger partial charge in [-0.05, 0) is 24.6 Å². The molecule has 0 aromatic rings. The van der Waals surface area contributed by atoms with Crippen LogP contribution in [0.3, 0.4) is 0 Å². The van der Waals surface area contributed by atoms with E-state index in [1.165, 1.54) is 6.21 Å². The van der Waals surface area contributed by atoms with Crippen LogP contribution in [-0.2, 0) is 0 Å². The second-order valence-electron chi connectivity index (χ2n) is 2.23. The predicted octanol–water partition coefficient (Wildman–Crippen LogP) is 1.57. The minimum Gasteiger partial charge on any atom is -0.308 e. The van der Waals surface area contributed by atoms with E-state index < -0.39 is 0 Å². The molecule has 0 atom stereocenters. The number of nitrogens with zero attached hydrogens (tertiary/aromatic N) is 1. The fourth-order valence-electron chi connectivity index (χ4n) is 0.788. The molecule has 0 amide bonds. The highest BCUT2D eigenvalue weighted by Crippen LogP contribution is 2.08. The Kier molecular flexibility index (Phi) is 2.11. The molecule has 0 radical (unpaired) electrons. The lowest BCUT2D eigenvalue weighted by Gasteiger charge is -2.04. The Bertz CT molecular complexity index is 282. The third-order valence-electron chi connectivity index (χ3n) is 1.40. The van der Waals surface area contributed by atoms with Crippen molar-refractivity contribution >= 4 is 18.1 Å². The summed E-state index contributed by atoms with van der Waals surface area (Å²) in [5, 5.41) is 14.4. The largest absolute Gasteiger partial charge is 0.308 e. The van der Waals surface area contributed by atoms with Crippen LogP contribution in [0.5, 0.6) is 0 Å². The number of dihydropyridines is 1. The van der Waals surface area contributed by atoms with Gasteiger partial charge in [-0.15, -0.1) is 0 Å². The van der Waals surface area contributed by atoms with Gasteiger partial charge in [0.2, 0.25) is 0 Å². The predicted molar refractivity (Wildman–Crippen MR) is 46.8 cm³/mol. The first kappa shape index (κ1) is 7.60. The quantitative estimate of drug-likeness (QED) is 0.529. The van der Waals surface area contributed by atoms with Crippen LogP contribution in [0.1, 0.15) is 6.92 Å². The molecule has 0 aromatic heterocycles. The van der Waals surface area contributed by atoms with E-state index in [0.29, 0.717) is 11.4 Å². The smallest absolute Gasteiger partial charge is 0.0923 e. The molecule has 0 aliphatic carbocycles. The molecular formula is C8H9N3. The first-order chi connectivity index (χ1) is 5.25. The van der Waals surface area contributed by atoms with Crippen molar-refractivity contribution in [2.24, 2.45) is 4.99 Å². The molecule has 3 nitrogen and oxygen atoms in total. The van der Waals surface area contributed by atoms with Crippen LogP contribution >= 0.6 is 0 Å². The maximum Gasteiger partial charge on any atom is 0.0923 e. The van der Waals surface area contributed by atoms with Crippen LogP contribution in [0.15, 0.2) is 28.4 Å². The van der Waals surface area contributed by atoms with Crippen molar-refractivity contribution in [2.45, 2.75) is 6.92 Å². The zero-order chi connectivity index (χ0) is 8.27. The molecule has 0 fully saturated rings. The summed E-state index contributed by atoms with van der Waals surface area (Å²) < 4.78 is 0. The third-order valence-corrected chi connectivity index (χ3v) is 1.40. The van der Waals surface area contributed by atoms with Gasteiger partial charge in [-0.1, -0.05) is 0 Å². The average Bonchev–Trinajstić information content (AvgIpc) is 2.04. The minimum atomic E-state index is 0.369. The highest BCUT2D eigenvalue weighted by molar-refractivity contribution is 6.13. The van der Waals surface area contributed by atoms with Crippen molar-refractivity contribution in [2.75, 3.05) is 0 Å². The summed E-state index contributed by atoms with van der Waals surface area (Å²) in [5.41, 5.74) is 1.67. The molecule has 1 heterocycles. The fraction of sp³-hybridized carbons (Fsp3) is 0.125. The van der Waals surface area contributed by atoms with E-state index in [-0.39, 0.29) is 0 Å². The molecule has 0 saturated heterocycles. The van der Waals surface area contributed by atoms with E-state index in [1.54, 1.807) is 25.3 Å². The average molecular weight is 147 g/mol. The van der Waals surface area contributed by atoms with E-state index >= 15 is 0 Å². The van der Waals surface area contributed by atoms with E-state index in [2.05, 4.69) is 4.99 Å². The minimum absolute atomic E-state index is 0.369. The van der Waals surface area contributed by atoms with Crippen LogP contribution < -0.4 is 0 Å². The molecule has 56 valence electrons. The SMILES string of the molecule is C/C(C=N)=C1\N=CC=CC1=N. The van der Waals surface area contributed by atoms with Gasteiger partial charge >= 0.3 is 0 Å². The zero-order valence-corrected chi connectivity index (χ0v) is 6.26. The Labute approximate surface area is 65.2 Å². The van der Waals surface area contributed by atoms with Crippen molar-refractivity contribution in [3.63, 3.8) is 0 Å². The maximum atomic E-state index is 7.42. The lowest BCUT2D eigenvalue weighted by molar-refractivity contribution is 1.34. The van der Waals surface area contributed by atoms with Gasteiger partial charge in [-0.25, -0.2) is 0 Å². The Hall–Kier alpha value is -1.51. The van der Waals surface area contributed by atoms with Crippen molar-refractivity contribution in [1.29, 1.82) is 10.8 Å². The number of nitrogens with one attached hydrogen (secondary N) is 2. The summed E-state index contributed by atoms with van der Waals surface area (Å²) >= 11 is 0. The molecule has 0 bridgehead atoms. The Morgan fingerprint density at radius 1 is 1.64 bits per heavy atom. The van der Waals surface area contributed by atoms with E-state index in [9.17, 15) is 0 Å². The molecule has 0 aromatic carbocycles. The molecule has 11 heavy (non-hydrogen) atoms. The molecule has 1 aliphatic heterocycles. The molecule has 1 rings (SSSR count). The van der Waals surface area contributed by atoms with Crippen molar-refractivity contribution in [3.8, 4) is 0 Å². The van der Waals surface area contributed by atoms with Gasteiger partial charge < -0.3 is 5.41 Å². The lowest BCUT2D eigenvalue weighted by atomic mass is 10.1. The molecule has 1 aliphatic rings. The molecular weight excluding hydrogens is 138 g/mol. The number of allylic oxidation sites excluding steroid dienone is 3. The number of rotatable bonds is 1. The summed E-state index contributed by atoms with van der Waals surface area (Å²) in [5.74, 6) is 0. The van der Waals surface area contributed by atoms with Crippen LogP contribution in [0, 0.1) is 10.8 Å². The van der Waals surface area contributed by atoms with Gasteiger partial charge in [0.15, 0.2) is 0 Å². The standard InChI is InChI=1S/C8H9N3/c1-6(5-9)8-7(10)3-2-4-11-8/h2-5,9-10H,1H3/b8-6+,9-5?,10-7?. The fourth-order valence-corrected chi connectivity index (χ4v) is 0.788. The second-order valence-corrected chi connectivity index (χ2v) is 2.23. The van der Waals surface area contributed by atoms with Gasteiger partial charge in [0, 0.05) is 12.4 Å². The van der Waals surface area contributed by atoms with Crippen LogP contribution in [0.2, 0.25) is 0 Å². The molecule has 3 heteroatoms. The Morgan fingerprint density at radius 3 is 2.91 bits per heavy atom. The van der Waals surface area contributed by atoms with Gasteiger partial charge in [0.25, 0.3) is 0 Å². The summed E-state index contributed by atoms with van der Waals surface area (Å²) in [7, 11) is 0. The van der Waals surface area contributed by atoms with Gasteiger partial charge in [0.05, 0.1) is 11.4 Å². The first-order valence-corrected chi connectivity index (χ1v) is 3.26. The van der Waals surface area contributed by atoms with Gasteiger partial charge in [-0.2, -0.15) is 0 Å². The highest BCUT2D eigenvalue weighted by Gasteiger charge is 2.04. The van der Waals surface area contributed by atoms with E-state index in [0.717, 1.165) is 5.57 Å². The maximum absolute atomic E-state index is 7.42. The molecule has 0 unspecified atom stereocenters. The third kappa shape index (κ3) is 1.49. The second kappa shape index (κ2) is 3.05.